The third-order valence-electron chi connectivity index (χ3n) is 4.63. The maximum absolute atomic E-state index is 12.4. The predicted molar refractivity (Wildman–Crippen MR) is 112 cm³/mol. The minimum absolute atomic E-state index is 0.0830. The van der Waals surface area contributed by atoms with Gasteiger partial charge in [-0.05, 0) is 49.2 Å². The van der Waals surface area contributed by atoms with Gasteiger partial charge in [0, 0.05) is 29.4 Å². The molecule has 7 nitrogen and oxygen atoms in total. The molecule has 0 saturated carbocycles. The van der Waals surface area contributed by atoms with E-state index in [0.29, 0.717) is 27.7 Å². The number of sulfone groups is 1. The molecule has 1 heterocycles. The monoisotopic (exact) mass is 478 g/mol. The number of imide groups is 1. The van der Waals surface area contributed by atoms with Crippen molar-refractivity contribution in [3.8, 4) is 0 Å². The van der Waals surface area contributed by atoms with E-state index in [9.17, 15) is 22.8 Å². The number of rotatable bonds is 6. The zero-order valence-electron chi connectivity index (χ0n) is 15.9. The number of fused-ring (bicyclic) bond motifs is 1. The smallest absolute Gasteiger partial charge is 0.261 e. The molecule has 1 aliphatic rings. The van der Waals surface area contributed by atoms with E-state index >= 15 is 0 Å². The number of hydrogen-bond donors (Lipinski definition) is 1. The van der Waals surface area contributed by atoms with Crippen molar-refractivity contribution in [1.82, 2.24) is 4.90 Å². The van der Waals surface area contributed by atoms with Gasteiger partial charge in [-0.1, -0.05) is 22.0 Å². The summed E-state index contributed by atoms with van der Waals surface area (Å²) in [5.41, 5.74) is 1.86. The van der Waals surface area contributed by atoms with Gasteiger partial charge in [0.05, 0.1) is 16.0 Å². The number of carbonyl (C=O) groups excluding carboxylic acids is 3. The lowest BCUT2D eigenvalue weighted by atomic mass is 10.1. The Balaban J connectivity index is 1.60. The second-order valence-corrected chi connectivity index (χ2v) is 9.78. The van der Waals surface area contributed by atoms with Gasteiger partial charge in [-0.25, -0.2) is 8.42 Å². The average Bonchev–Trinajstić information content (AvgIpc) is 2.87. The van der Waals surface area contributed by atoms with Crippen molar-refractivity contribution < 1.29 is 22.8 Å². The number of aryl methyl sites for hydroxylation is 1. The molecule has 3 rings (SSSR count). The first-order chi connectivity index (χ1) is 13.6. The topological polar surface area (TPSA) is 101 Å². The number of nitrogens with one attached hydrogen (secondary N) is 1. The van der Waals surface area contributed by atoms with Crippen LogP contribution in [0.1, 0.15) is 39.1 Å². The van der Waals surface area contributed by atoms with Crippen LogP contribution in [0.2, 0.25) is 0 Å². The zero-order valence-corrected chi connectivity index (χ0v) is 18.3. The Morgan fingerprint density at radius 1 is 1.07 bits per heavy atom. The fourth-order valence-corrected chi connectivity index (χ4v) is 4.05. The van der Waals surface area contributed by atoms with Gasteiger partial charge in [-0.15, -0.1) is 0 Å². The molecule has 2 aromatic carbocycles. The highest BCUT2D eigenvalue weighted by Crippen LogP contribution is 2.26. The quantitative estimate of drug-likeness (QED) is 0.642. The van der Waals surface area contributed by atoms with Gasteiger partial charge < -0.3 is 5.32 Å². The molecule has 0 radical (unpaired) electrons. The van der Waals surface area contributed by atoms with E-state index in [1.807, 2.05) is 0 Å². The molecule has 0 fully saturated rings. The molecule has 152 valence electrons. The van der Waals surface area contributed by atoms with Crippen LogP contribution in [0.25, 0.3) is 0 Å². The lowest BCUT2D eigenvalue weighted by molar-refractivity contribution is -0.116. The van der Waals surface area contributed by atoms with Gasteiger partial charge in [-0.2, -0.15) is 0 Å². The summed E-state index contributed by atoms with van der Waals surface area (Å²) < 4.78 is 24.1. The summed E-state index contributed by atoms with van der Waals surface area (Å²) in [6.45, 7) is 1.89. The van der Waals surface area contributed by atoms with Crippen molar-refractivity contribution in [2.75, 3.05) is 18.1 Å². The Morgan fingerprint density at radius 2 is 1.76 bits per heavy atom. The Labute approximate surface area is 177 Å². The van der Waals surface area contributed by atoms with Crippen LogP contribution in [0.4, 0.5) is 5.69 Å². The van der Waals surface area contributed by atoms with Gasteiger partial charge in [0.25, 0.3) is 11.8 Å². The van der Waals surface area contributed by atoms with Gasteiger partial charge in [0.1, 0.15) is 0 Å². The number of anilines is 1. The molecule has 0 unspecified atom stereocenters. The predicted octanol–water partition coefficient (Wildman–Crippen LogP) is 3.18. The van der Waals surface area contributed by atoms with Crippen LogP contribution in [0.5, 0.6) is 0 Å². The second-order valence-electron chi connectivity index (χ2n) is 6.85. The van der Waals surface area contributed by atoms with Crippen molar-refractivity contribution in [2.24, 2.45) is 0 Å². The average molecular weight is 479 g/mol. The zero-order chi connectivity index (χ0) is 21.3. The number of benzene rings is 2. The molecule has 3 amide bonds. The SMILES string of the molecule is Cc1ccc(S(C)(=O)=O)cc1NC(=O)CCCN1C(=O)c2ccc(Br)cc2C1=O. The molecule has 0 spiro atoms. The highest BCUT2D eigenvalue weighted by atomic mass is 79.9. The molecule has 29 heavy (non-hydrogen) atoms. The Kier molecular flexibility index (Phi) is 5.90. The number of amides is 3. The summed E-state index contributed by atoms with van der Waals surface area (Å²) >= 11 is 3.29. The van der Waals surface area contributed by atoms with Gasteiger partial charge in [0.15, 0.2) is 9.84 Å². The largest absolute Gasteiger partial charge is 0.326 e. The van der Waals surface area contributed by atoms with E-state index in [-0.39, 0.29) is 35.6 Å². The molecule has 0 aliphatic carbocycles. The van der Waals surface area contributed by atoms with Crippen LogP contribution in [-0.4, -0.2) is 43.8 Å². The highest BCUT2D eigenvalue weighted by molar-refractivity contribution is 9.10. The van der Waals surface area contributed by atoms with Crippen molar-refractivity contribution in [3.63, 3.8) is 0 Å². The van der Waals surface area contributed by atoms with E-state index in [0.717, 1.165) is 16.7 Å². The number of carbonyl (C=O) groups is 3. The summed E-state index contributed by atoms with van der Waals surface area (Å²) in [6.07, 6.45) is 1.48. The summed E-state index contributed by atoms with van der Waals surface area (Å²) in [5, 5.41) is 2.70. The molecule has 1 N–H and O–H groups in total. The molecule has 0 saturated heterocycles. The maximum Gasteiger partial charge on any atom is 0.261 e. The number of hydrogen-bond acceptors (Lipinski definition) is 5. The molecule has 0 aromatic heterocycles. The van der Waals surface area contributed by atoms with Crippen LogP contribution in [-0.2, 0) is 14.6 Å². The third-order valence-corrected chi connectivity index (χ3v) is 6.23. The minimum atomic E-state index is -3.38. The van der Waals surface area contributed by atoms with Crippen molar-refractivity contribution >= 4 is 49.2 Å². The molecule has 9 heteroatoms. The van der Waals surface area contributed by atoms with Crippen molar-refractivity contribution in [2.45, 2.75) is 24.7 Å². The first kappa shape index (κ1) is 21.2. The van der Waals surface area contributed by atoms with Crippen LogP contribution in [0, 0.1) is 6.92 Å². The summed E-state index contributed by atoms with van der Waals surface area (Å²) in [4.78, 5) is 38.4. The normalized spacial score (nSPS) is 13.6. The molecule has 0 atom stereocenters. The lowest BCUT2D eigenvalue weighted by Gasteiger charge is -2.14. The second kappa shape index (κ2) is 8.08. The first-order valence-corrected chi connectivity index (χ1v) is 11.5. The van der Waals surface area contributed by atoms with E-state index in [2.05, 4.69) is 21.2 Å². The minimum Gasteiger partial charge on any atom is -0.326 e. The standard InChI is InChI=1S/C20H19BrN2O5S/c1-12-5-7-14(29(2,27)28)11-17(12)22-18(24)4-3-9-23-19(25)15-8-6-13(21)10-16(15)20(23)26/h5-8,10-11H,3-4,9H2,1-2H3,(H,22,24). The summed E-state index contributed by atoms with van der Waals surface area (Å²) in [5.74, 6) is -1.06. The van der Waals surface area contributed by atoms with Crippen molar-refractivity contribution in [3.05, 3.63) is 57.6 Å². The lowest BCUT2D eigenvalue weighted by Crippen LogP contribution is -2.31. The van der Waals surface area contributed by atoms with Gasteiger partial charge in [0.2, 0.25) is 5.91 Å². The fraction of sp³-hybridized carbons (Fsp3) is 0.250. The molecular weight excluding hydrogens is 460 g/mol. The van der Waals surface area contributed by atoms with Crippen LogP contribution < -0.4 is 5.32 Å². The highest BCUT2D eigenvalue weighted by Gasteiger charge is 2.35. The molecular formula is C20H19BrN2O5S. The summed E-state index contributed by atoms with van der Waals surface area (Å²) in [7, 11) is -3.38. The molecule has 2 aromatic rings. The van der Waals surface area contributed by atoms with Crippen LogP contribution in [0.3, 0.4) is 0 Å². The number of nitrogens with zero attached hydrogens (tertiary/aromatic N) is 1. The number of halogens is 1. The van der Waals surface area contributed by atoms with Crippen molar-refractivity contribution in [1.29, 1.82) is 0 Å². The van der Waals surface area contributed by atoms with E-state index in [4.69, 9.17) is 0 Å². The molecule has 1 aliphatic heterocycles. The third kappa shape index (κ3) is 4.56. The molecule has 0 bridgehead atoms. The van der Waals surface area contributed by atoms with Crippen LogP contribution >= 0.6 is 15.9 Å². The maximum atomic E-state index is 12.4. The van der Waals surface area contributed by atoms with Gasteiger partial charge in [-0.3, -0.25) is 19.3 Å². The Bertz CT molecular complexity index is 1130. The van der Waals surface area contributed by atoms with E-state index in [1.165, 1.54) is 12.1 Å². The van der Waals surface area contributed by atoms with E-state index < -0.39 is 9.84 Å². The fourth-order valence-electron chi connectivity index (χ4n) is 3.04. The van der Waals surface area contributed by atoms with E-state index in [1.54, 1.807) is 31.2 Å². The first-order valence-electron chi connectivity index (χ1n) is 8.84. The summed E-state index contributed by atoms with van der Waals surface area (Å²) in [6, 6.07) is 9.45. The van der Waals surface area contributed by atoms with Crippen LogP contribution in [0.15, 0.2) is 45.8 Å². The Hall–Kier alpha value is -2.52. The van der Waals surface area contributed by atoms with Gasteiger partial charge >= 0.3 is 0 Å². The Morgan fingerprint density at radius 3 is 2.45 bits per heavy atom.